The smallest absolute Gasteiger partial charge is 0.387 e. The van der Waals surface area contributed by atoms with Gasteiger partial charge >= 0.3 is 12.6 Å². The Labute approximate surface area is 124 Å². The summed E-state index contributed by atoms with van der Waals surface area (Å²) < 4.78 is 41.8. The number of nitrogens with one attached hydrogen (secondary N) is 2. The van der Waals surface area contributed by atoms with E-state index in [0.29, 0.717) is 6.42 Å². The number of anilines is 1. The Morgan fingerprint density at radius 1 is 1.41 bits per heavy atom. The second kappa shape index (κ2) is 7.17. The van der Waals surface area contributed by atoms with Gasteiger partial charge in [0.05, 0.1) is 5.69 Å². The van der Waals surface area contributed by atoms with Crippen molar-refractivity contribution in [2.45, 2.75) is 19.1 Å². The third-order valence-electron chi connectivity index (χ3n) is 3.13. The molecule has 1 aliphatic rings. The number of aliphatic hydroxyl groups excluding tert-OH is 1. The van der Waals surface area contributed by atoms with Gasteiger partial charge in [0.25, 0.3) is 0 Å². The van der Waals surface area contributed by atoms with E-state index < -0.39 is 24.2 Å². The number of halogens is 3. The van der Waals surface area contributed by atoms with Gasteiger partial charge in [-0.25, -0.2) is 9.18 Å². The van der Waals surface area contributed by atoms with Crippen LogP contribution in [0.1, 0.15) is 6.42 Å². The van der Waals surface area contributed by atoms with Crippen LogP contribution in [0.25, 0.3) is 0 Å². The topological polar surface area (TPSA) is 70.6 Å². The van der Waals surface area contributed by atoms with Crippen molar-refractivity contribution in [1.29, 1.82) is 0 Å². The van der Waals surface area contributed by atoms with Crippen molar-refractivity contribution >= 4 is 11.7 Å². The molecule has 22 heavy (non-hydrogen) atoms. The van der Waals surface area contributed by atoms with Crippen LogP contribution in [0.5, 0.6) is 5.75 Å². The maximum atomic E-state index is 13.1. The lowest BCUT2D eigenvalue weighted by molar-refractivity contribution is -0.0495. The van der Waals surface area contributed by atoms with Crippen LogP contribution in [0, 0.1) is 11.7 Å². The van der Waals surface area contributed by atoms with E-state index in [1.54, 1.807) is 12.2 Å². The van der Waals surface area contributed by atoms with Crippen molar-refractivity contribution < 1.29 is 27.8 Å². The molecule has 0 heterocycles. The summed E-state index contributed by atoms with van der Waals surface area (Å²) in [7, 11) is 0. The van der Waals surface area contributed by atoms with Crippen LogP contribution in [-0.4, -0.2) is 30.4 Å². The average molecular weight is 316 g/mol. The van der Waals surface area contributed by atoms with Crippen LogP contribution in [0.15, 0.2) is 30.4 Å². The number of carbonyl (C=O) groups excluding carboxylic acids is 1. The van der Waals surface area contributed by atoms with E-state index in [-0.39, 0.29) is 24.3 Å². The molecule has 5 nitrogen and oxygen atoms in total. The van der Waals surface area contributed by atoms with Gasteiger partial charge in [0, 0.05) is 24.6 Å². The van der Waals surface area contributed by atoms with Gasteiger partial charge in [-0.15, -0.1) is 0 Å². The first kappa shape index (κ1) is 16.2. The first-order chi connectivity index (χ1) is 10.5. The van der Waals surface area contributed by atoms with Crippen molar-refractivity contribution in [1.82, 2.24) is 5.32 Å². The summed E-state index contributed by atoms with van der Waals surface area (Å²) in [5.74, 6) is -1.24. The van der Waals surface area contributed by atoms with Crippen LogP contribution in [0.3, 0.4) is 0 Å². The first-order valence-corrected chi connectivity index (χ1v) is 6.59. The molecular formula is C14H15F3N2O3. The number of benzene rings is 1. The summed E-state index contributed by atoms with van der Waals surface area (Å²) in [5.41, 5.74) is -0.0696. The fraction of sp³-hybridized carbons (Fsp3) is 0.357. The van der Waals surface area contributed by atoms with Gasteiger partial charge < -0.3 is 20.5 Å². The molecule has 1 aliphatic carbocycles. The number of carbonyl (C=O) groups is 1. The molecule has 2 rings (SSSR count). The largest absolute Gasteiger partial charge is 0.432 e. The van der Waals surface area contributed by atoms with Gasteiger partial charge in [-0.05, 0) is 18.6 Å². The molecule has 8 heteroatoms. The minimum atomic E-state index is -3.13. The molecule has 0 unspecified atom stereocenters. The predicted molar refractivity (Wildman–Crippen MR) is 73.3 cm³/mol. The first-order valence-electron chi connectivity index (χ1n) is 6.59. The second-order valence-electron chi connectivity index (χ2n) is 4.79. The molecule has 120 valence electrons. The molecule has 3 N–H and O–H groups in total. The Balaban J connectivity index is 1.98. The lowest BCUT2D eigenvalue weighted by Crippen LogP contribution is -2.36. The Kier molecular flexibility index (Phi) is 5.26. The summed E-state index contributed by atoms with van der Waals surface area (Å²) in [6.45, 7) is -3.14. The number of urea groups is 1. The summed E-state index contributed by atoms with van der Waals surface area (Å²) in [4.78, 5) is 11.8. The van der Waals surface area contributed by atoms with Gasteiger partial charge in [-0.1, -0.05) is 12.2 Å². The summed E-state index contributed by atoms with van der Waals surface area (Å²) in [5, 5.41) is 13.9. The maximum Gasteiger partial charge on any atom is 0.387 e. The van der Waals surface area contributed by atoms with Crippen molar-refractivity contribution in [3.63, 3.8) is 0 Å². The lowest BCUT2D eigenvalue weighted by Gasteiger charge is -2.15. The van der Waals surface area contributed by atoms with Gasteiger partial charge in [0.1, 0.15) is 5.82 Å². The Morgan fingerprint density at radius 2 is 2.18 bits per heavy atom. The fourth-order valence-corrected chi connectivity index (χ4v) is 2.14. The van der Waals surface area contributed by atoms with Gasteiger partial charge in [0.2, 0.25) is 0 Å². The standard InChI is InChI=1S/C14H15F3N2O3/c15-9-2-4-11(12(6-9)22-13(16)17)19-14(21)18-10-3-1-8(5-10)7-20/h1-4,6,8,10,13,20H,5,7H2,(H2,18,19,21)/t8-,10+/m0/s1. The Hall–Kier alpha value is -2.22. The zero-order valence-electron chi connectivity index (χ0n) is 11.4. The molecule has 1 aromatic carbocycles. The monoisotopic (exact) mass is 316 g/mol. The molecule has 0 bridgehead atoms. The number of hydrogen-bond acceptors (Lipinski definition) is 3. The minimum absolute atomic E-state index is 0.0133. The van der Waals surface area contributed by atoms with Crippen LogP contribution >= 0.6 is 0 Å². The second-order valence-corrected chi connectivity index (χ2v) is 4.79. The average Bonchev–Trinajstić information content (AvgIpc) is 2.89. The molecule has 0 saturated carbocycles. The zero-order valence-corrected chi connectivity index (χ0v) is 11.4. The van der Waals surface area contributed by atoms with Crippen LogP contribution in [-0.2, 0) is 0 Å². The maximum absolute atomic E-state index is 13.1. The van der Waals surface area contributed by atoms with Gasteiger partial charge in [-0.2, -0.15) is 8.78 Å². The number of ether oxygens (including phenoxy) is 1. The lowest BCUT2D eigenvalue weighted by atomic mass is 10.1. The molecule has 0 aliphatic heterocycles. The zero-order chi connectivity index (χ0) is 16.1. The van der Waals surface area contributed by atoms with E-state index >= 15 is 0 Å². The quantitative estimate of drug-likeness (QED) is 0.731. The van der Waals surface area contributed by atoms with Gasteiger partial charge in [-0.3, -0.25) is 0 Å². The Bertz CT molecular complexity index is 566. The minimum Gasteiger partial charge on any atom is -0.432 e. The summed E-state index contributed by atoms with van der Waals surface area (Å²) in [6, 6.07) is 2.01. The molecule has 0 saturated heterocycles. The molecule has 0 spiro atoms. The number of alkyl halides is 2. The molecule has 0 fully saturated rings. The summed E-state index contributed by atoms with van der Waals surface area (Å²) >= 11 is 0. The molecule has 0 radical (unpaired) electrons. The van der Waals surface area contributed by atoms with Crippen molar-refractivity contribution in [2.75, 3.05) is 11.9 Å². The van der Waals surface area contributed by atoms with E-state index in [1.807, 2.05) is 0 Å². The van der Waals surface area contributed by atoms with E-state index in [2.05, 4.69) is 15.4 Å². The number of amides is 2. The Morgan fingerprint density at radius 3 is 2.82 bits per heavy atom. The van der Waals surface area contributed by atoms with E-state index in [0.717, 1.165) is 18.2 Å². The molecule has 0 aromatic heterocycles. The number of hydrogen-bond donors (Lipinski definition) is 3. The predicted octanol–water partition coefficient (Wildman–Crippen LogP) is 2.49. The fourth-order valence-electron chi connectivity index (χ4n) is 2.14. The van der Waals surface area contributed by atoms with Crippen LogP contribution < -0.4 is 15.4 Å². The van der Waals surface area contributed by atoms with Gasteiger partial charge in [0.15, 0.2) is 5.75 Å². The normalized spacial score (nSPS) is 20.2. The third-order valence-corrected chi connectivity index (χ3v) is 3.13. The highest BCUT2D eigenvalue weighted by atomic mass is 19.3. The van der Waals surface area contributed by atoms with Crippen molar-refractivity contribution in [3.05, 3.63) is 36.2 Å². The van der Waals surface area contributed by atoms with Crippen molar-refractivity contribution in [3.8, 4) is 5.75 Å². The molecule has 2 amide bonds. The van der Waals surface area contributed by atoms with Crippen LogP contribution in [0.4, 0.5) is 23.7 Å². The summed E-state index contributed by atoms with van der Waals surface area (Å²) in [6.07, 6.45) is 4.07. The number of aliphatic hydroxyl groups is 1. The highest BCUT2D eigenvalue weighted by molar-refractivity contribution is 5.91. The SMILES string of the molecule is O=C(Nc1ccc(F)cc1OC(F)F)N[C@@H]1C=C[C@H](CO)C1. The van der Waals surface area contributed by atoms with E-state index in [9.17, 15) is 18.0 Å². The van der Waals surface area contributed by atoms with Crippen molar-refractivity contribution in [2.24, 2.45) is 5.92 Å². The van der Waals surface area contributed by atoms with Crippen LogP contribution in [0.2, 0.25) is 0 Å². The highest BCUT2D eigenvalue weighted by Crippen LogP contribution is 2.27. The molecular weight excluding hydrogens is 301 g/mol. The van der Waals surface area contributed by atoms with E-state index in [4.69, 9.17) is 5.11 Å². The van der Waals surface area contributed by atoms with E-state index in [1.165, 1.54) is 0 Å². The molecule has 2 atom stereocenters. The molecule has 1 aromatic rings. The number of rotatable bonds is 5. The highest BCUT2D eigenvalue weighted by Gasteiger charge is 2.20. The third kappa shape index (κ3) is 4.39.